The number of carbonyl (C=O) groups is 2. The van der Waals surface area contributed by atoms with Gasteiger partial charge >= 0.3 is 6.03 Å². The first kappa shape index (κ1) is 12.2. The molecule has 7 heteroatoms. The number of benzene rings is 1. The summed E-state index contributed by atoms with van der Waals surface area (Å²) in [5.74, 6) is -0.115. The van der Waals surface area contributed by atoms with Crippen LogP contribution in [0, 0.1) is 0 Å². The molecule has 1 aromatic heterocycles. The van der Waals surface area contributed by atoms with E-state index in [0.717, 1.165) is 0 Å². The molecule has 3 amide bonds. The van der Waals surface area contributed by atoms with E-state index in [2.05, 4.69) is 28.3 Å². The van der Waals surface area contributed by atoms with E-state index in [0.29, 0.717) is 15.7 Å². The molecule has 0 spiro atoms. The van der Waals surface area contributed by atoms with Crippen LogP contribution in [0.2, 0.25) is 0 Å². The molecule has 0 bridgehead atoms. The van der Waals surface area contributed by atoms with E-state index in [1.807, 2.05) is 0 Å². The van der Waals surface area contributed by atoms with Gasteiger partial charge in [-0.2, -0.15) is 5.10 Å². The van der Waals surface area contributed by atoms with Gasteiger partial charge in [0.1, 0.15) is 5.82 Å². The predicted molar refractivity (Wildman–Crippen MR) is 69.2 cm³/mol. The van der Waals surface area contributed by atoms with E-state index in [-0.39, 0.29) is 0 Å². The summed E-state index contributed by atoms with van der Waals surface area (Å²) < 4.78 is 0.705. The minimum atomic E-state index is -0.656. The first-order valence-corrected chi connectivity index (χ1v) is 5.47. The van der Waals surface area contributed by atoms with Gasteiger partial charge in [0.05, 0.1) is 6.20 Å². The second-order valence-corrected chi connectivity index (χ2v) is 3.78. The Morgan fingerprint density at radius 2 is 1.94 bits per heavy atom. The number of nitrogens with zero attached hydrogens (tertiary/aromatic N) is 2. The molecule has 0 aliphatic heterocycles. The fraction of sp³-hybridized carbons (Fsp3) is 0. The van der Waals surface area contributed by atoms with Crippen molar-refractivity contribution in [1.82, 2.24) is 14.5 Å². The second kappa shape index (κ2) is 5.37. The van der Waals surface area contributed by atoms with Gasteiger partial charge in [-0.25, -0.2) is 9.10 Å². The molecule has 6 nitrogen and oxygen atoms in total. The molecular weight excluding hydrogens is 252 g/mol. The standard InChI is InChI=1S/C11H10N4O2S/c16-10(8-4-2-1-3-5-8)15(18)11(17)13-9-6-7-12-14-9/h1-7,18H,(H2,12,13,14,17). The minimum absolute atomic E-state index is 0.382. The number of nitrogens with one attached hydrogen (secondary N) is 2. The van der Waals surface area contributed by atoms with Gasteiger partial charge in [0.15, 0.2) is 0 Å². The van der Waals surface area contributed by atoms with Gasteiger partial charge in [-0.1, -0.05) is 31.0 Å². The lowest BCUT2D eigenvalue weighted by Crippen LogP contribution is -2.32. The number of H-pyrrole nitrogens is 1. The van der Waals surface area contributed by atoms with Crippen molar-refractivity contribution >= 4 is 30.6 Å². The van der Waals surface area contributed by atoms with Crippen LogP contribution in [-0.2, 0) is 0 Å². The number of hydrogen-bond donors (Lipinski definition) is 3. The van der Waals surface area contributed by atoms with E-state index >= 15 is 0 Å². The Hall–Kier alpha value is -2.28. The molecule has 2 N–H and O–H groups in total. The molecule has 1 aromatic carbocycles. The van der Waals surface area contributed by atoms with Crippen molar-refractivity contribution in [2.45, 2.75) is 0 Å². The number of hydrogen-bond acceptors (Lipinski definition) is 4. The number of thiol groups is 1. The van der Waals surface area contributed by atoms with Crippen LogP contribution in [0.1, 0.15) is 10.4 Å². The zero-order valence-electron chi connectivity index (χ0n) is 9.20. The van der Waals surface area contributed by atoms with Crippen molar-refractivity contribution in [2.24, 2.45) is 0 Å². The van der Waals surface area contributed by atoms with Crippen LogP contribution in [0.25, 0.3) is 0 Å². The maximum Gasteiger partial charge on any atom is 0.340 e. The Bertz CT molecular complexity index is 541. The lowest BCUT2D eigenvalue weighted by molar-refractivity contribution is 0.0902. The molecule has 2 aromatic rings. The van der Waals surface area contributed by atoms with Crippen LogP contribution in [0.4, 0.5) is 10.6 Å². The Labute approximate surface area is 109 Å². The van der Waals surface area contributed by atoms with Crippen molar-refractivity contribution in [3.8, 4) is 0 Å². The van der Waals surface area contributed by atoms with Crippen molar-refractivity contribution in [3.63, 3.8) is 0 Å². The molecule has 0 aliphatic carbocycles. The van der Waals surface area contributed by atoms with Crippen LogP contribution in [0.3, 0.4) is 0 Å². The highest BCUT2D eigenvalue weighted by molar-refractivity contribution is 7.79. The van der Waals surface area contributed by atoms with Crippen LogP contribution < -0.4 is 5.32 Å². The molecule has 92 valence electrons. The Morgan fingerprint density at radius 3 is 2.56 bits per heavy atom. The molecule has 0 saturated carbocycles. The molecule has 0 fully saturated rings. The lowest BCUT2D eigenvalue weighted by atomic mass is 10.2. The molecule has 18 heavy (non-hydrogen) atoms. The normalized spacial score (nSPS) is 9.83. The van der Waals surface area contributed by atoms with Gasteiger partial charge < -0.3 is 0 Å². The van der Waals surface area contributed by atoms with Crippen LogP contribution >= 0.6 is 12.8 Å². The zero-order chi connectivity index (χ0) is 13.0. The highest BCUT2D eigenvalue weighted by atomic mass is 32.1. The van der Waals surface area contributed by atoms with E-state index in [1.54, 1.807) is 36.4 Å². The maximum absolute atomic E-state index is 11.9. The third kappa shape index (κ3) is 2.69. The SMILES string of the molecule is O=C(Nc1ccn[nH]1)N(S)C(=O)c1ccccc1. The average molecular weight is 262 g/mol. The molecular formula is C11H10N4O2S. The molecule has 2 rings (SSSR count). The first-order valence-electron chi connectivity index (χ1n) is 5.07. The maximum atomic E-state index is 11.9. The van der Waals surface area contributed by atoms with Gasteiger partial charge in [0.25, 0.3) is 5.91 Å². The summed E-state index contributed by atoms with van der Waals surface area (Å²) >= 11 is 3.88. The van der Waals surface area contributed by atoms with Gasteiger partial charge in [0.2, 0.25) is 0 Å². The molecule has 0 aliphatic rings. The summed E-state index contributed by atoms with van der Waals surface area (Å²) in [6.45, 7) is 0. The largest absolute Gasteiger partial charge is 0.340 e. The first-order chi connectivity index (χ1) is 8.68. The van der Waals surface area contributed by atoms with E-state index in [9.17, 15) is 9.59 Å². The van der Waals surface area contributed by atoms with Crippen LogP contribution in [0.15, 0.2) is 42.6 Å². The van der Waals surface area contributed by atoms with E-state index in [4.69, 9.17) is 0 Å². The fourth-order valence-electron chi connectivity index (χ4n) is 1.29. The topological polar surface area (TPSA) is 78.1 Å². The molecule has 0 saturated heterocycles. The Balaban J connectivity index is 2.05. The van der Waals surface area contributed by atoms with Gasteiger partial charge in [-0.15, -0.1) is 0 Å². The third-order valence-corrected chi connectivity index (χ3v) is 2.51. The molecule has 0 unspecified atom stereocenters. The number of urea groups is 1. The Morgan fingerprint density at radius 1 is 1.22 bits per heavy atom. The number of carbonyl (C=O) groups excluding carboxylic acids is 2. The number of anilines is 1. The average Bonchev–Trinajstić information content (AvgIpc) is 2.91. The molecule has 0 radical (unpaired) electrons. The lowest BCUT2D eigenvalue weighted by Gasteiger charge is -2.13. The highest BCUT2D eigenvalue weighted by Crippen LogP contribution is 2.09. The smallest absolute Gasteiger partial charge is 0.291 e. The summed E-state index contributed by atoms with van der Waals surface area (Å²) in [6.07, 6.45) is 1.48. The Kier molecular flexibility index (Phi) is 3.63. The molecule has 0 atom stereocenters. The summed E-state index contributed by atoms with van der Waals surface area (Å²) in [5, 5.41) is 8.66. The van der Waals surface area contributed by atoms with E-state index in [1.165, 1.54) is 6.20 Å². The van der Waals surface area contributed by atoms with Crippen molar-refractivity contribution in [3.05, 3.63) is 48.2 Å². The van der Waals surface area contributed by atoms with Crippen LogP contribution in [0.5, 0.6) is 0 Å². The summed E-state index contributed by atoms with van der Waals surface area (Å²) in [7, 11) is 0. The van der Waals surface area contributed by atoms with Gasteiger partial charge in [0, 0.05) is 11.6 Å². The van der Waals surface area contributed by atoms with Crippen molar-refractivity contribution < 1.29 is 9.59 Å². The van der Waals surface area contributed by atoms with Crippen LogP contribution in [-0.4, -0.2) is 26.4 Å². The summed E-state index contributed by atoms with van der Waals surface area (Å²) in [6, 6.07) is 9.32. The number of aromatic amines is 1. The fourth-order valence-corrected chi connectivity index (χ4v) is 1.45. The quantitative estimate of drug-likeness (QED) is 0.724. The van der Waals surface area contributed by atoms with Crippen molar-refractivity contribution in [2.75, 3.05) is 5.32 Å². The monoisotopic (exact) mass is 262 g/mol. The molecule has 1 heterocycles. The number of imide groups is 1. The predicted octanol–water partition coefficient (Wildman–Crippen LogP) is 1.93. The zero-order valence-corrected chi connectivity index (χ0v) is 10.1. The number of amides is 3. The highest BCUT2D eigenvalue weighted by Gasteiger charge is 2.19. The van der Waals surface area contributed by atoms with Gasteiger partial charge in [-0.3, -0.25) is 15.2 Å². The minimum Gasteiger partial charge on any atom is -0.291 e. The van der Waals surface area contributed by atoms with Gasteiger partial charge in [-0.05, 0) is 12.1 Å². The number of rotatable bonds is 2. The van der Waals surface area contributed by atoms with E-state index < -0.39 is 11.9 Å². The summed E-state index contributed by atoms with van der Waals surface area (Å²) in [4.78, 5) is 23.6. The number of aromatic nitrogens is 2. The van der Waals surface area contributed by atoms with Crippen molar-refractivity contribution in [1.29, 1.82) is 0 Å². The third-order valence-electron chi connectivity index (χ3n) is 2.15. The second-order valence-electron chi connectivity index (χ2n) is 3.38. The summed E-state index contributed by atoms with van der Waals surface area (Å²) in [5.41, 5.74) is 0.382.